The number of hydrogen-bond acceptors (Lipinski definition) is 2. The topological polar surface area (TPSA) is 103 Å². The summed E-state index contributed by atoms with van der Waals surface area (Å²) in [5, 5.41) is 0.736. The number of nitrogens with zero attached hydrogens (tertiary/aromatic N) is 2. The maximum Gasteiger partial charge on any atom is 0.223 e. The molecule has 0 aromatic heterocycles. The van der Waals surface area contributed by atoms with E-state index in [9.17, 15) is 0 Å². The lowest BCUT2D eigenvalue weighted by atomic mass is 10.2. The Morgan fingerprint density at radius 1 is 1.04 bits per heavy atom. The molecule has 0 aliphatic carbocycles. The van der Waals surface area contributed by atoms with Crippen molar-refractivity contribution in [1.82, 2.24) is 0 Å². The fraction of sp³-hybridized carbons (Fsp3) is 0.0667. The number of halogens is 2. The first-order valence-corrected chi connectivity index (χ1v) is 7.80. The standard InChI is InChI=1S/C15H16ClN5S.ClH/c16-11-6-4-10(5-7-11)9-22-13-3-1-2-12(8-13)20-15(19)21-14(17)18;/h1-8H,9H2,(H6,17,18,19,20,21);1H. The van der Waals surface area contributed by atoms with Gasteiger partial charge in [-0.25, -0.2) is 4.99 Å². The molecule has 0 fully saturated rings. The largest absolute Gasteiger partial charge is 0.370 e. The number of guanidine groups is 2. The van der Waals surface area contributed by atoms with E-state index < -0.39 is 0 Å². The van der Waals surface area contributed by atoms with Gasteiger partial charge in [0.1, 0.15) is 0 Å². The summed E-state index contributed by atoms with van der Waals surface area (Å²) in [6.07, 6.45) is 0. The van der Waals surface area contributed by atoms with Crippen molar-refractivity contribution in [1.29, 1.82) is 0 Å². The van der Waals surface area contributed by atoms with Crippen molar-refractivity contribution in [2.45, 2.75) is 10.6 Å². The molecule has 0 aliphatic heterocycles. The Labute approximate surface area is 150 Å². The zero-order valence-corrected chi connectivity index (χ0v) is 14.5. The van der Waals surface area contributed by atoms with Crippen LogP contribution in [0.1, 0.15) is 5.56 Å². The van der Waals surface area contributed by atoms with Gasteiger partial charge >= 0.3 is 0 Å². The van der Waals surface area contributed by atoms with Crippen molar-refractivity contribution in [3.63, 3.8) is 0 Å². The van der Waals surface area contributed by atoms with Gasteiger partial charge in [0.15, 0.2) is 5.96 Å². The molecular weight excluding hydrogens is 353 g/mol. The fourth-order valence-corrected chi connectivity index (χ4v) is 2.71. The first-order valence-electron chi connectivity index (χ1n) is 6.44. The van der Waals surface area contributed by atoms with Crippen LogP contribution in [0.4, 0.5) is 5.69 Å². The average Bonchev–Trinajstić information content (AvgIpc) is 2.46. The van der Waals surface area contributed by atoms with Gasteiger partial charge in [0.25, 0.3) is 0 Å². The maximum atomic E-state index is 5.87. The molecule has 0 heterocycles. The molecule has 0 spiro atoms. The molecule has 2 aromatic carbocycles. The van der Waals surface area contributed by atoms with Gasteiger partial charge in [-0.05, 0) is 35.9 Å². The molecule has 0 unspecified atom stereocenters. The van der Waals surface area contributed by atoms with Gasteiger partial charge in [-0.15, -0.1) is 24.2 Å². The molecule has 8 heteroatoms. The number of aliphatic imine (C=N–C) groups is 2. The van der Waals surface area contributed by atoms with Crippen LogP contribution >= 0.6 is 35.8 Å². The van der Waals surface area contributed by atoms with E-state index in [1.807, 2.05) is 48.5 Å². The van der Waals surface area contributed by atoms with Gasteiger partial charge in [-0.1, -0.05) is 29.8 Å². The van der Waals surface area contributed by atoms with E-state index in [0.29, 0.717) is 5.69 Å². The molecule has 0 amide bonds. The Morgan fingerprint density at radius 3 is 2.39 bits per heavy atom. The summed E-state index contributed by atoms with van der Waals surface area (Å²) in [5.74, 6) is 0.752. The molecule has 6 N–H and O–H groups in total. The zero-order chi connectivity index (χ0) is 15.9. The van der Waals surface area contributed by atoms with Crippen LogP contribution in [-0.4, -0.2) is 11.9 Å². The van der Waals surface area contributed by atoms with Crippen molar-refractivity contribution in [2.24, 2.45) is 27.2 Å². The van der Waals surface area contributed by atoms with Crippen LogP contribution in [0.3, 0.4) is 0 Å². The Bertz CT molecular complexity index is 697. The van der Waals surface area contributed by atoms with E-state index >= 15 is 0 Å². The summed E-state index contributed by atoms with van der Waals surface area (Å²) in [7, 11) is 0. The molecule has 2 aromatic rings. The van der Waals surface area contributed by atoms with Crippen LogP contribution < -0.4 is 17.2 Å². The Hall–Kier alpha value is -1.89. The summed E-state index contributed by atoms with van der Waals surface area (Å²) >= 11 is 7.57. The monoisotopic (exact) mass is 369 g/mol. The van der Waals surface area contributed by atoms with E-state index in [1.165, 1.54) is 5.56 Å². The van der Waals surface area contributed by atoms with Crippen molar-refractivity contribution in [3.8, 4) is 0 Å². The summed E-state index contributed by atoms with van der Waals surface area (Å²) in [6.45, 7) is 0. The van der Waals surface area contributed by atoms with Crippen LogP contribution in [0.15, 0.2) is 63.4 Å². The van der Waals surface area contributed by atoms with Crippen molar-refractivity contribution >= 4 is 53.4 Å². The molecule has 0 atom stereocenters. The average molecular weight is 370 g/mol. The Kier molecular flexibility index (Phi) is 7.74. The maximum absolute atomic E-state index is 5.87. The summed E-state index contributed by atoms with van der Waals surface area (Å²) < 4.78 is 0. The van der Waals surface area contributed by atoms with Gasteiger partial charge < -0.3 is 17.2 Å². The third-order valence-corrected chi connectivity index (χ3v) is 3.94. The lowest BCUT2D eigenvalue weighted by Gasteiger charge is -2.04. The van der Waals surface area contributed by atoms with E-state index in [0.717, 1.165) is 15.7 Å². The van der Waals surface area contributed by atoms with Crippen molar-refractivity contribution in [3.05, 3.63) is 59.1 Å². The Morgan fingerprint density at radius 2 is 1.74 bits per heavy atom. The SMILES string of the molecule is Cl.NC(N)=NC(N)=Nc1cccc(SCc2ccc(Cl)cc2)c1. The number of benzene rings is 2. The minimum absolute atomic E-state index is 0. The van der Waals surface area contributed by atoms with E-state index in [-0.39, 0.29) is 24.3 Å². The number of rotatable bonds is 4. The van der Waals surface area contributed by atoms with E-state index in [1.54, 1.807) is 11.8 Å². The lowest BCUT2D eigenvalue weighted by Crippen LogP contribution is -2.26. The minimum Gasteiger partial charge on any atom is -0.370 e. The molecule has 5 nitrogen and oxygen atoms in total. The van der Waals surface area contributed by atoms with Crippen LogP contribution in [0.5, 0.6) is 0 Å². The highest BCUT2D eigenvalue weighted by molar-refractivity contribution is 7.98. The van der Waals surface area contributed by atoms with Gasteiger partial charge in [-0.2, -0.15) is 4.99 Å². The third-order valence-electron chi connectivity index (χ3n) is 2.62. The number of thioether (sulfide) groups is 1. The smallest absolute Gasteiger partial charge is 0.223 e. The van der Waals surface area contributed by atoms with Gasteiger partial charge in [0.2, 0.25) is 5.96 Å². The zero-order valence-electron chi connectivity index (χ0n) is 12.1. The summed E-state index contributed by atoms with van der Waals surface area (Å²) in [6, 6.07) is 15.5. The molecule has 0 saturated carbocycles. The molecule has 23 heavy (non-hydrogen) atoms. The number of hydrogen-bond donors (Lipinski definition) is 3. The first-order chi connectivity index (χ1) is 10.5. The normalized spacial score (nSPS) is 10.7. The highest BCUT2D eigenvalue weighted by Gasteiger charge is 1.99. The minimum atomic E-state index is -0.116. The fourth-order valence-electron chi connectivity index (χ4n) is 1.68. The van der Waals surface area contributed by atoms with E-state index in [2.05, 4.69) is 9.98 Å². The highest BCUT2D eigenvalue weighted by Crippen LogP contribution is 2.26. The summed E-state index contributed by atoms with van der Waals surface area (Å²) in [5.41, 5.74) is 18.0. The van der Waals surface area contributed by atoms with E-state index in [4.69, 9.17) is 28.8 Å². The molecule has 0 bridgehead atoms. The van der Waals surface area contributed by atoms with Crippen LogP contribution in [0.25, 0.3) is 0 Å². The third kappa shape index (κ3) is 6.81. The second-order valence-electron chi connectivity index (χ2n) is 4.42. The quantitative estimate of drug-likeness (QED) is 0.437. The predicted molar refractivity (Wildman–Crippen MR) is 102 cm³/mol. The lowest BCUT2D eigenvalue weighted by molar-refractivity contribution is 1.34. The van der Waals surface area contributed by atoms with Gasteiger partial charge in [0.05, 0.1) is 5.69 Å². The van der Waals surface area contributed by atoms with Crippen molar-refractivity contribution in [2.75, 3.05) is 0 Å². The predicted octanol–water partition coefficient (Wildman–Crippen LogP) is 3.27. The molecule has 0 saturated heterocycles. The second-order valence-corrected chi connectivity index (χ2v) is 5.90. The second kappa shape index (κ2) is 9.29. The first kappa shape index (κ1) is 19.2. The summed E-state index contributed by atoms with van der Waals surface area (Å²) in [4.78, 5) is 8.90. The molecule has 2 rings (SSSR count). The molecule has 0 aliphatic rings. The number of nitrogens with two attached hydrogens (primary N) is 3. The van der Waals surface area contributed by atoms with Crippen LogP contribution in [0.2, 0.25) is 5.02 Å². The van der Waals surface area contributed by atoms with Crippen LogP contribution in [-0.2, 0) is 5.75 Å². The van der Waals surface area contributed by atoms with Gasteiger partial charge in [-0.3, -0.25) is 0 Å². The van der Waals surface area contributed by atoms with Gasteiger partial charge in [0, 0.05) is 15.7 Å². The van der Waals surface area contributed by atoms with Crippen molar-refractivity contribution < 1.29 is 0 Å². The Balaban J connectivity index is 0.00000264. The molecule has 122 valence electrons. The molecule has 0 radical (unpaired) electrons. The molecular formula is C15H17Cl2N5S. The highest BCUT2D eigenvalue weighted by atomic mass is 35.5. The van der Waals surface area contributed by atoms with Crippen LogP contribution in [0, 0.1) is 0 Å².